The highest BCUT2D eigenvalue weighted by atomic mass is 16.7. The molecule has 3 rings (SSSR count). The summed E-state index contributed by atoms with van der Waals surface area (Å²) >= 11 is 0. The molecule has 2 heterocycles. The van der Waals surface area contributed by atoms with Crippen LogP contribution >= 0.6 is 0 Å². The Labute approximate surface area is 177 Å². The minimum Gasteiger partial charge on any atom is -0.394 e. The molecule has 0 aliphatic carbocycles. The summed E-state index contributed by atoms with van der Waals surface area (Å²) in [5, 5.41) is 84.8. The van der Waals surface area contributed by atoms with Gasteiger partial charge in [-0.3, -0.25) is 10.7 Å². The Bertz CT molecular complexity index is 635. The zero-order chi connectivity index (χ0) is 23.1. The van der Waals surface area contributed by atoms with E-state index in [2.05, 4.69) is 0 Å². The van der Waals surface area contributed by atoms with Gasteiger partial charge in [-0.15, -0.1) is 0 Å². The second-order valence-corrected chi connectivity index (χ2v) is 7.00. The summed E-state index contributed by atoms with van der Waals surface area (Å²) in [6.45, 7) is -1.35. The number of nitrogens with one attached hydrogen (secondary N) is 1. The van der Waals surface area contributed by atoms with Crippen LogP contribution in [0.4, 0.5) is 5.69 Å². The molecule has 10 N–H and O–H groups in total. The number of aliphatic hydroxyl groups excluding tert-OH is 8. The van der Waals surface area contributed by atoms with Crippen molar-refractivity contribution in [1.82, 2.24) is 0 Å². The fourth-order valence-electron chi connectivity index (χ4n) is 3.08. The highest BCUT2D eigenvalue weighted by molar-refractivity contribution is 5.39. The van der Waals surface area contributed by atoms with Gasteiger partial charge in [0.1, 0.15) is 48.8 Å². The van der Waals surface area contributed by atoms with Crippen LogP contribution in [-0.4, -0.2) is 121 Å². The maximum absolute atomic E-state index is 9.94. The van der Waals surface area contributed by atoms with Gasteiger partial charge in [0.25, 0.3) is 0 Å². The van der Waals surface area contributed by atoms with Gasteiger partial charge < -0.3 is 55.1 Å². The Morgan fingerprint density at radius 2 is 1.35 bits per heavy atom. The first-order chi connectivity index (χ1) is 14.7. The standard InChI is InChI=1S/C12H22O11.C6H7NO/c13-1-3-5(15)6(16)9(19)12(22-3)23-10-4(2-14)21-11(20)8(18)7(10)17;8-7-6-4-2-1-3-5-6/h3-20H,1-2H2;1-5,7-8H/t3-,4-,5+,6+,7-,8-,9-,10-,11?,12+;/m1./s1. The number of aliphatic hydroxyl groups is 8. The van der Waals surface area contributed by atoms with E-state index in [1.165, 1.54) is 0 Å². The molecule has 178 valence electrons. The molecule has 13 nitrogen and oxygen atoms in total. The van der Waals surface area contributed by atoms with Crippen molar-refractivity contribution in [2.24, 2.45) is 0 Å². The molecule has 2 saturated heterocycles. The second kappa shape index (κ2) is 12.0. The molecule has 13 heteroatoms. The topological polar surface area (TPSA) is 222 Å². The number of rotatable bonds is 5. The van der Waals surface area contributed by atoms with Crippen LogP contribution in [0.25, 0.3) is 0 Å². The molecule has 1 unspecified atom stereocenters. The molecule has 1 aromatic carbocycles. The Hall–Kier alpha value is -1.46. The number of benzene rings is 1. The highest BCUT2D eigenvalue weighted by Crippen LogP contribution is 2.28. The molecule has 1 aromatic rings. The Morgan fingerprint density at radius 3 is 1.87 bits per heavy atom. The average Bonchev–Trinajstić information content (AvgIpc) is 2.80. The molecule has 0 aromatic heterocycles. The van der Waals surface area contributed by atoms with Gasteiger partial charge in [-0.05, 0) is 12.1 Å². The zero-order valence-corrected chi connectivity index (χ0v) is 16.3. The molecule has 0 spiro atoms. The number of hydrogen-bond donors (Lipinski definition) is 10. The van der Waals surface area contributed by atoms with Crippen LogP contribution in [0.3, 0.4) is 0 Å². The zero-order valence-electron chi connectivity index (χ0n) is 16.3. The van der Waals surface area contributed by atoms with Crippen molar-refractivity contribution < 1.29 is 60.3 Å². The minimum atomic E-state index is -1.74. The molecule has 2 aliphatic heterocycles. The van der Waals surface area contributed by atoms with Crippen LogP contribution in [0.2, 0.25) is 0 Å². The van der Waals surface area contributed by atoms with Crippen LogP contribution < -0.4 is 5.48 Å². The number of para-hydroxylation sites is 1. The van der Waals surface area contributed by atoms with E-state index in [0.717, 1.165) is 0 Å². The van der Waals surface area contributed by atoms with E-state index in [-0.39, 0.29) is 0 Å². The van der Waals surface area contributed by atoms with E-state index in [1.54, 1.807) is 12.1 Å². The van der Waals surface area contributed by atoms with Crippen molar-refractivity contribution in [3.63, 3.8) is 0 Å². The molecule has 2 fully saturated rings. The molecule has 31 heavy (non-hydrogen) atoms. The molecular weight excluding hydrogens is 422 g/mol. The predicted molar refractivity (Wildman–Crippen MR) is 100 cm³/mol. The highest BCUT2D eigenvalue weighted by Gasteiger charge is 2.50. The Balaban J connectivity index is 0.000000357. The average molecular weight is 451 g/mol. The lowest BCUT2D eigenvalue weighted by Crippen LogP contribution is -2.64. The Morgan fingerprint density at radius 1 is 0.742 bits per heavy atom. The smallest absolute Gasteiger partial charge is 0.187 e. The van der Waals surface area contributed by atoms with Gasteiger partial charge in [-0.25, -0.2) is 0 Å². The largest absolute Gasteiger partial charge is 0.394 e. The third-order valence-electron chi connectivity index (χ3n) is 4.88. The van der Waals surface area contributed by atoms with Gasteiger partial charge in [0, 0.05) is 0 Å². The third kappa shape index (κ3) is 6.29. The summed E-state index contributed by atoms with van der Waals surface area (Å²) in [5.41, 5.74) is 2.74. The summed E-state index contributed by atoms with van der Waals surface area (Å²) in [7, 11) is 0. The SMILES string of the molecule is OC[C@H]1O[C@@H](O[C@H]2[C@H](O)[C@@H](O)C(O)O[C@@H]2CO)[C@H](O)[C@@H](O)[C@H]1O.ONc1ccccc1. The van der Waals surface area contributed by atoms with Crippen LogP contribution in [0.15, 0.2) is 30.3 Å². The number of ether oxygens (including phenoxy) is 3. The van der Waals surface area contributed by atoms with Crippen molar-refractivity contribution in [3.05, 3.63) is 30.3 Å². The van der Waals surface area contributed by atoms with E-state index >= 15 is 0 Å². The van der Waals surface area contributed by atoms with Crippen molar-refractivity contribution in [3.8, 4) is 0 Å². The van der Waals surface area contributed by atoms with Gasteiger partial charge in [0.05, 0.1) is 18.9 Å². The van der Waals surface area contributed by atoms with Crippen molar-refractivity contribution in [1.29, 1.82) is 0 Å². The van der Waals surface area contributed by atoms with Crippen molar-refractivity contribution >= 4 is 5.69 Å². The van der Waals surface area contributed by atoms with E-state index in [4.69, 9.17) is 24.5 Å². The molecular formula is C18H29NO12. The van der Waals surface area contributed by atoms with Gasteiger partial charge in [0.2, 0.25) is 0 Å². The van der Waals surface area contributed by atoms with Crippen LogP contribution in [0, 0.1) is 0 Å². The lowest BCUT2D eigenvalue weighted by molar-refractivity contribution is -0.355. The summed E-state index contributed by atoms with van der Waals surface area (Å²) in [4.78, 5) is 0. The molecule has 10 atom stereocenters. The fraction of sp³-hybridized carbons (Fsp3) is 0.667. The monoisotopic (exact) mass is 451 g/mol. The predicted octanol–water partition coefficient (Wildman–Crippen LogP) is -3.91. The van der Waals surface area contributed by atoms with E-state index in [9.17, 15) is 35.7 Å². The van der Waals surface area contributed by atoms with E-state index in [0.29, 0.717) is 5.69 Å². The molecule has 0 radical (unpaired) electrons. The van der Waals surface area contributed by atoms with Gasteiger partial charge in [-0.2, -0.15) is 0 Å². The second-order valence-electron chi connectivity index (χ2n) is 7.00. The van der Waals surface area contributed by atoms with Crippen LogP contribution in [-0.2, 0) is 14.2 Å². The first-order valence-electron chi connectivity index (χ1n) is 9.46. The molecule has 0 bridgehead atoms. The van der Waals surface area contributed by atoms with Gasteiger partial charge in [0.15, 0.2) is 12.6 Å². The summed E-state index contributed by atoms with van der Waals surface area (Å²) in [5.74, 6) is 0. The first kappa shape index (κ1) is 25.8. The minimum absolute atomic E-state index is 0.667. The van der Waals surface area contributed by atoms with Crippen LogP contribution in [0.5, 0.6) is 0 Å². The summed E-state index contributed by atoms with van der Waals surface area (Å²) < 4.78 is 15.3. The van der Waals surface area contributed by atoms with Crippen molar-refractivity contribution in [2.45, 2.75) is 61.4 Å². The van der Waals surface area contributed by atoms with Gasteiger partial charge >= 0.3 is 0 Å². The molecule has 0 saturated carbocycles. The number of hydrogen-bond acceptors (Lipinski definition) is 13. The van der Waals surface area contributed by atoms with Crippen molar-refractivity contribution in [2.75, 3.05) is 18.7 Å². The summed E-state index contributed by atoms with van der Waals surface area (Å²) in [6, 6.07) is 9.14. The maximum Gasteiger partial charge on any atom is 0.187 e. The van der Waals surface area contributed by atoms with Gasteiger partial charge in [-0.1, -0.05) is 18.2 Å². The number of anilines is 1. The lowest BCUT2D eigenvalue weighted by Gasteiger charge is -2.45. The molecule has 0 amide bonds. The van der Waals surface area contributed by atoms with E-state index in [1.807, 2.05) is 23.7 Å². The quantitative estimate of drug-likeness (QED) is 0.194. The fourth-order valence-corrected chi connectivity index (χ4v) is 3.08. The third-order valence-corrected chi connectivity index (χ3v) is 4.88. The Kier molecular flexibility index (Phi) is 9.95. The van der Waals surface area contributed by atoms with E-state index < -0.39 is 74.6 Å². The lowest BCUT2D eigenvalue weighted by atomic mass is 9.97. The van der Waals surface area contributed by atoms with Crippen LogP contribution in [0.1, 0.15) is 0 Å². The molecule has 2 aliphatic rings. The maximum atomic E-state index is 9.94. The first-order valence-corrected chi connectivity index (χ1v) is 9.46. The normalized spacial score (nSPS) is 40.5. The summed E-state index contributed by atoms with van der Waals surface area (Å²) in [6.07, 6.45) is -15.6.